The molecule has 0 radical (unpaired) electrons. The van der Waals surface area contributed by atoms with E-state index in [1.165, 1.54) is 19.3 Å². The topological polar surface area (TPSA) is 0 Å². The van der Waals surface area contributed by atoms with Crippen molar-refractivity contribution < 1.29 is 0 Å². The van der Waals surface area contributed by atoms with E-state index >= 15 is 0 Å². The molecule has 6 unspecified atom stereocenters. The standard InChI is InChI=1S/C14H26/c1-6-11-10(4)12(11)13-9(3)8-14(13,5)7-2/h9-13H,6-8H2,1-5H3. The molecule has 0 spiro atoms. The molecule has 0 nitrogen and oxygen atoms in total. The Hall–Kier alpha value is 0. The third kappa shape index (κ3) is 1.26. The van der Waals surface area contributed by atoms with Gasteiger partial charge in [0.1, 0.15) is 0 Å². The molecule has 2 aliphatic carbocycles. The largest absolute Gasteiger partial charge is 0.0651 e. The monoisotopic (exact) mass is 194 g/mol. The molecule has 0 N–H and O–H groups in total. The molecule has 0 heteroatoms. The van der Waals surface area contributed by atoms with Gasteiger partial charge in [0.05, 0.1) is 0 Å². The molecule has 0 aromatic heterocycles. The predicted molar refractivity (Wildman–Crippen MR) is 62.1 cm³/mol. The summed E-state index contributed by atoms with van der Waals surface area (Å²) in [6, 6.07) is 0. The quantitative estimate of drug-likeness (QED) is 0.626. The Labute approximate surface area is 89.5 Å². The van der Waals surface area contributed by atoms with Crippen LogP contribution in [0.4, 0.5) is 0 Å². The number of hydrogen-bond acceptors (Lipinski definition) is 0. The van der Waals surface area contributed by atoms with E-state index in [1.807, 2.05) is 0 Å². The minimum Gasteiger partial charge on any atom is -0.0651 e. The zero-order chi connectivity index (χ0) is 10.5. The van der Waals surface area contributed by atoms with E-state index in [2.05, 4.69) is 34.6 Å². The summed E-state index contributed by atoms with van der Waals surface area (Å²) in [4.78, 5) is 0. The van der Waals surface area contributed by atoms with Gasteiger partial charge in [0.15, 0.2) is 0 Å². The molecular formula is C14H26. The zero-order valence-corrected chi connectivity index (χ0v) is 10.5. The Morgan fingerprint density at radius 1 is 1.21 bits per heavy atom. The smallest absolute Gasteiger partial charge is 0.0292 e. The Kier molecular flexibility index (Phi) is 2.44. The fraction of sp³-hybridized carbons (Fsp3) is 1.00. The van der Waals surface area contributed by atoms with Crippen LogP contribution in [0.25, 0.3) is 0 Å². The predicted octanol–water partition coefficient (Wildman–Crippen LogP) is 4.35. The molecule has 0 amide bonds. The molecule has 82 valence electrons. The molecule has 0 heterocycles. The van der Waals surface area contributed by atoms with Crippen LogP contribution in [0.5, 0.6) is 0 Å². The van der Waals surface area contributed by atoms with Crippen molar-refractivity contribution in [1.82, 2.24) is 0 Å². The summed E-state index contributed by atoms with van der Waals surface area (Å²) in [6.45, 7) is 12.2. The maximum atomic E-state index is 2.52. The highest BCUT2D eigenvalue weighted by molar-refractivity contribution is 5.08. The van der Waals surface area contributed by atoms with Crippen molar-refractivity contribution in [3.05, 3.63) is 0 Å². The fourth-order valence-corrected chi connectivity index (χ4v) is 4.57. The minimum atomic E-state index is 0.697. The number of hydrogen-bond donors (Lipinski definition) is 0. The molecule has 2 aliphatic rings. The summed E-state index contributed by atoms with van der Waals surface area (Å²) in [7, 11) is 0. The highest BCUT2D eigenvalue weighted by Crippen LogP contribution is 2.66. The summed E-state index contributed by atoms with van der Waals surface area (Å²) in [5.41, 5.74) is 0.697. The first-order chi connectivity index (χ1) is 6.55. The van der Waals surface area contributed by atoms with Crippen LogP contribution in [0.3, 0.4) is 0 Å². The van der Waals surface area contributed by atoms with Crippen molar-refractivity contribution in [3.8, 4) is 0 Å². The summed E-state index contributed by atoms with van der Waals surface area (Å²) in [5, 5.41) is 0. The van der Waals surface area contributed by atoms with Gasteiger partial charge in [-0.3, -0.25) is 0 Å². The Morgan fingerprint density at radius 2 is 1.86 bits per heavy atom. The second kappa shape index (κ2) is 3.25. The van der Waals surface area contributed by atoms with Crippen LogP contribution >= 0.6 is 0 Å². The third-order valence-corrected chi connectivity index (χ3v) is 5.54. The molecule has 2 saturated carbocycles. The second-order valence-corrected chi connectivity index (χ2v) is 6.22. The van der Waals surface area contributed by atoms with Gasteiger partial charge in [-0.1, -0.05) is 47.5 Å². The van der Waals surface area contributed by atoms with Crippen LogP contribution in [-0.4, -0.2) is 0 Å². The van der Waals surface area contributed by atoms with Crippen LogP contribution in [0.2, 0.25) is 0 Å². The van der Waals surface area contributed by atoms with Crippen molar-refractivity contribution in [2.75, 3.05) is 0 Å². The van der Waals surface area contributed by atoms with E-state index in [9.17, 15) is 0 Å². The molecule has 14 heavy (non-hydrogen) atoms. The summed E-state index contributed by atoms with van der Waals surface area (Å²) in [6.07, 6.45) is 4.28. The second-order valence-electron chi connectivity index (χ2n) is 6.22. The molecule has 2 rings (SSSR count). The maximum Gasteiger partial charge on any atom is -0.0292 e. The van der Waals surface area contributed by atoms with Crippen LogP contribution in [0.15, 0.2) is 0 Å². The van der Waals surface area contributed by atoms with Gasteiger partial charge >= 0.3 is 0 Å². The Bertz CT molecular complexity index is 220. The highest BCUT2D eigenvalue weighted by Gasteiger charge is 2.60. The van der Waals surface area contributed by atoms with E-state index in [1.54, 1.807) is 0 Å². The average molecular weight is 194 g/mol. The highest BCUT2D eigenvalue weighted by atomic mass is 14.6. The van der Waals surface area contributed by atoms with Gasteiger partial charge in [-0.05, 0) is 41.4 Å². The normalized spacial score (nSPS) is 56.8. The van der Waals surface area contributed by atoms with Crippen LogP contribution in [0.1, 0.15) is 53.9 Å². The van der Waals surface area contributed by atoms with Gasteiger partial charge in [0, 0.05) is 0 Å². The van der Waals surface area contributed by atoms with Crippen molar-refractivity contribution >= 4 is 0 Å². The van der Waals surface area contributed by atoms with Crippen LogP contribution in [-0.2, 0) is 0 Å². The Morgan fingerprint density at radius 3 is 2.21 bits per heavy atom. The van der Waals surface area contributed by atoms with Crippen molar-refractivity contribution in [3.63, 3.8) is 0 Å². The molecule has 0 bridgehead atoms. The molecule has 0 aliphatic heterocycles. The van der Waals surface area contributed by atoms with Gasteiger partial charge in [0.2, 0.25) is 0 Å². The van der Waals surface area contributed by atoms with Crippen molar-refractivity contribution in [2.45, 2.75) is 53.9 Å². The Balaban J connectivity index is 2.04. The van der Waals surface area contributed by atoms with E-state index < -0.39 is 0 Å². The van der Waals surface area contributed by atoms with Crippen LogP contribution in [0, 0.1) is 35.0 Å². The lowest BCUT2D eigenvalue weighted by atomic mass is 9.52. The van der Waals surface area contributed by atoms with E-state index in [4.69, 9.17) is 0 Å². The minimum absolute atomic E-state index is 0.697. The van der Waals surface area contributed by atoms with Gasteiger partial charge in [-0.2, -0.15) is 0 Å². The van der Waals surface area contributed by atoms with Gasteiger partial charge in [0.25, 0.3) is 0 Å². The fourth-order valence-electron chi connectivity index (χ4n) is 4.57. The van der Waals surface area contributed by atoms with Crippen LogP contribution < -0.4 is 0 Å². The lowest BCUT2D eigenvalue weighted by Gasteiger charge is -2.53. The van der Waals surface area contributed by atoms with Gasteiger partial charge < -0.3 is 0 Å². The first-order valence-corrected chi connectivity index (χ1v) is 6.55. The van der Waals surface area contributed by atoms with E-state index in [-0.39, 0.29) is 0 Å². The van der Waals surface area contributed by atoms with Gasteiger partial charge in [-0.15, -0.1) is 0 Å². The first kappa shape index (κ1) is 10.5. The zero-order valence-electron chi connectivity index (χ0n) is 10.5. The third-order valence-electron chi connectivity index (χ3n) is 5.54. The van der Waals surface area contributed by atoms with Crippen molar-refractivity contribution in [2.24, 2.45) is 35.0 Å². The van der Waals surface area contributed by atoms with Gasteiger partial charge in [-0.25, -0.2) is 0 Å². The van der Waals surface area contributed by atoms with Crippen molar-refractivity contribution in [1.29, 1.82) is 0 Å². The summed E-state index contributed by atoms with van der Waals surface area (Å²) in [5.74, 6) is 5.22. The molecule has 0 aromatic carbocycles. The molecule has 2 fully saturated rings. The summed E-state index contributed by atoms with van der Waals surface area (Å²) >= 11 is 0. The summed E-state index contributed by atoms with van der Waals surface area (Å²) < 4.78 is 0. The SMILES string of the molecule is CCC1C(C)C1C1C(C)CC1(C)CC. The number of rotatable bonds is 3. The average Bonchev–Trinajstić information content (AvgIpc) is 2.75. The van der Waals surface area contributed by atoms with E-state index in [0.717, 1.165) is 29.6 Å². The molecule has 0 aromatic rings. The lowest BCUT2D eigenvalue weighted by Crippen LogP contribution is -2.46. The first-order valence-electron chi connectivity index (χ1n) is 6.55. The maximum absolute atomic E-state index is 2.52. The van der Waals surface area contributed by atoms with E-state index in [0.29, 0.717) is 5.41 Å². The lowest BCUT2D eigenvalue weighted by molar-refractivity contribution is -0.0422. The molecule has 6 atom stereocenters. The molecular weight excluding hydrogens is 168 g/mol. The molecule has 0 saturated heterocycles.